The van der Waals surface area contributed by atoms with E-state index < -0.39 is 0 Å². The Labute approximate surface area is 223 Å². The molecule has 0 bridgehead atoms. The van der Waals surface area contributed by atoms with Crippen LogP contribution in [0.3, 0.4) is 0 Å². The fourth-order valence-electron chi connectivity index (χ4n) is 4.89. The van der Waals surface area contributed by atoms with E-state index in [2.05, 4.69) is 110 Å². The number of aromatic nitrogens is 4. The molecule has 4 nitrogen and oxygen atoms in total. The van der Waals surface area contributed by atoms with Crippen molar-refractivity contribution in [3.8, 4) is 45.3 Å². The average Bonchev–Trinajstić information content (AvgIpc) is 2.94. The van der Waals surface area contributed by atoms with Crippen molar-refractivity contribution in [2.24, 2.45) is 0 Å². The molecule has 0 saturated heterocycles. The van der Waals surface area contributed by atoms with Gasteiger partial charge < -0.3 is 0 Å². The second-order valence-corrected chi connectivity index (χ2v) is 9.84. The van der Waals surface area contributed by atoms with E-state index in [9.17, 15) is 0 Å². The van der Waals surface area contributed by atoms with Crippen LogP contribution in [0.4, 0.5) is 0 Å². The topological polar surface area (TPSA) is 51.6 Å². The van der Waals surface area contributed by atoms with Gasteiger partial charge in [0, 0.05) is 23.5 Å². The van der Waals surface area contributed by atoms with Gasteiger partial charge in [-0.15, -0.1) is 0 Å². The highest BCUT2D eigenvalue weighted by Gasteiger charge is 2.13. The van der Waals surface area contributed by atoms with Crippen LogP contribution in [0.15, 0.2) is 97.3 Å². The Morgan fingerprint density at radius 1 is 0.421 bits per heavy atom. The van der Waals surface area contributed by atoms with E-state index in [1.165, 1.54) is 5.39 Å². The third kappa shape index (κ3) is 4.35. The van der Waals surface area contributed by atoms with Gasteiger partial charge in [-0.25, -0.2) is 9.97 Å². The monoisotopic (exact) mass is 492 g/mol. The second kappa shape index (κ2) is 9.64. The van der Waals surface area contributed by atoms with Gasteiger partial charge in [-0.05, 0) is 97.1 Å². The van der Waals surface area contributed by atoms with Gasteiger partial charge in [0.1, 0.15) is 0 Å². The van der Waals surface area contributed by atoms with Crippen molar-refractivity contribution in [3.05, 3.63) is 120 Å². The maximum Gasteiger partial charge on any atom is 0.0925 e. The molecule has 2 aromatic carbocycles. The molecular weight excluding hydrogens is 464 g/mol. The third-order valence-corrected chi connectivity index (χ3v) is 7.09. The summed E-state index contributed by atoms with van der Waals surface area (Å²) in [5.41, 5.74) is 12.2. The van der Waals surface area contributed by atoms with Gasteiger partial charge in [0.05, 0.1) is 34.2 Å². The van der Waals surface area contributed by atoms with Crippen molar-refractivity contribution < 1.29 is 0 Å². The largest absolute Gasteiger partial charge is 0.254 e. The molecule has 4 aromatic heterocycles. The molecule has 0 amide bonds. The van der Waals surface area contributed by atoms with Crippen LogP contribution < -0.4 is 0 Å². The quantitative estimate of drug-likeness (QED) is 0.248. The van der Waals surface area contributed by atoms with E-state index in [1.807, 2.05) is 24.5 Å². The van der Waals surface area contributed by atoms with E-state index >= 15 is 0 Å². The average molecular weight is 493 g/mol. The Hall–Kier alpha value is -4.70. The van der Waals surface area contributed by atoms with Crippen molar-refractivity contribution >= 4 is 10.8 Å². The zero-order valence-electron chi connectivity index (χ0n) is 22.0. The lowest BCUT2D eigenvalue weighted by atomic mass is 9.99. The highest BCUT2D eigenvalue weighted by Crippen LogP contribution is 2.31. The molecule has 0 N–H and O–H groups in total. The molecule has 0 atom stereocenters. The smallest absolute Gasteiger partial charge is 0.0925 e. The predicted molar refractivity (Wildman–Crippen MR) is 156 cm³/mol. The van der Waals surface area contributed by atoms with E-state index in [4.69, 9.17) is 9.97 Å². The molecule has 184 valence electrons. The van der Waals surface area contributed by atoms with Crippen molar-refractivity contribution in [1.29, 1.82) is 0 Å². The standard InChI is InChI=1S/C34H28N4/c1-21-7-5-17-35-31(21)33-23(3)9-15-29(37-33)26-13-11-25-12-14-27(20-28(25)19-26)30-16-10-24(4)34(38-30)32-22(2)8-6-18-36-32/h5-20H,1-4H3. The number of aryl methyl sites for hydroxylation is 4. The molecule has 6 rings (SSSR count). The summed E-state index contributed by atoms with van der Waals surface area (Å²) >= 11 is 0. The molecule has 0 unspecified atom stereocenters. The van der Waals surface area contributed by atoms with Crippen LogP contribution >= 0.6 is 0 Å². The van der Waals surface area contributed by atoms with Gasteiger partial charge in [-0.1, -0.05) is 48.5 Å². The molecule has 4 heterocycles. The molecule has 0 saturated carbocycles. The third-order valence-electron chi connectivity index (χ3n) is 7.09. The maximum absolute atomic E-state index is 5.04. The summed E-state index contributed by atoms with van der Waals surface area (Å²) in [5.74, 6) is 0. The lowest BCUT2D eigenvalue weighted by Gasteiger charge is -2.12. The summed E-state index contributed by atoms with van der Waals surface area (Å²) in [5, 5.41) is 2.33. The number of nitrogens with zero attached hydrogens (tertiary/aromatic N) is 4. The first kappa shape index (κ1) is 23.7. The summed E-state index contributed by atoms with van der Waals surface area (Å²) in [6.45, 7) is 8.32. The minimum atomic E-state index is 0.927. The molecule has 6 aromatic rings. The Morgan fingerprint density at radius 3 is 1.32 bits per heavy atom. The Balaban J connectivity index is 1.42. The van der Waals surface area contributed by atoms with E-state index in [1.54, 1.807) is 0 Å². The summed E-state index contributed by atoms with van der Waals surface area (Å²) in [4.78, 5) is 19.3. The number of hydrogen-bond acceptors (Lipinski definition) is 4. The first-order valence-electron chi connectivity index (χ1n) is 12.8. The fraction of sp³-hybridized carbons (Fsp3) is 0.118. The first-order valence-corrected chi connectivity index (χ1v) is 12.8. The van der Waals surface area contributed by atoms with Crippen LogP contribution in [0.1, 0.15) is 22.3 Å². The minimum Gasteiger partial charge on any atom is -0.254 e. The van der Waals surface area contributed by atoms with Gasteiger partial charge in [-0.3, -0.25) is 9.97 Å². The number of fused-ring (bicyclic) bond motifs is 1. The van der Waals surface area contributed by atoms with Crippen LogP contribution in [0.2, 0.25) is 0 Å². The molecule has 0 spiro atoms. The van der Waals surface area contributed by atoms with Gasteiger partial charge in [-0.2, -0.15) is 0 Å². The molecule has 0 aliphatic heterocycles. The molecule has 0 aliphatic carbocycles. The van der Waals surface area contributed by atoms with Crippen molar-refractivity contribution in [2.75, 3.05) is 0 Å². The zero-order chi connectivity index (χ0) is 26.2. The summed E-state index contributed by atoms with van der Waals surface area (Å²) in [7, 11) is 0. The Bertz CT molecular complexity index is 1690. The second-order valence-electron chi connectivity index (χ2n) is 9.84. The molecule has 0 aliphatic rings. The summed E-state index contributed by atoms with van der Waals surface area (Å²) < 4.78 is 0. The van der Waals surface area contributed by atoms with E-state index in [-0.39, 0.29) is 0 Å². The van der Waals surface area contributed by atoms with Crippen molar-refractivity contribution in [1.82, 2.24) is 19.9 Å². The van der Waals surface area contributed by atoms with Gasteiger partial charge in [0.25, 0.3) is 0 Å². The van der Waals surface area contributed by atoms with Gasteiger partial charge >= 0.3 is 0 Å². The number of rotatable bonds is 4. The highest BCUT2D eigenvalue weighted by atomic mass is 14.8. The lowest BCUT2D eigenvalue weighted by molar-refractivity contribution is 1.19. The predicted octanol–water partition coefficient (Wildman–Crippen LogP) is 8.32. The van der Waals surface area contributed by atoms with Crippen LogP contribution in [0, 0.1) is 27.7 Å². The Kier molecular flexibility index (Phi) is 6.01. The zero-order valence-corrected chi connectivity index (χ0v) is 22.0. The van der Waals surface area contributed by atoms with Crippen molar-refractivity contribution in [3.63, 3.8) is 0 Å². The van der Waals surface area contributed by atoms with Crippen LogP contribution in [-0.4, -0.2) is 19.9 Å². The molecular formula is C34H28N4. The van der Waals surface area contributed by atoms with Crippen LogP contribution in [0.5, 0.6) is 0 Å². The molecule has 4 heteroatoms. The normalized spacial score (nSPS) is 11.2. The SMILES string of the molecule is Cc1cccnc1-c1nc(-c2ccc3ccc(-c4ccc(C)c(-c5ncccc5C)n4)cc3c2)ccc1C. The van der Waals surface area contributed by atoms with Gasteiger partial charge in [0.2, 0.25) is 0 Å². The fourth-order valence-corrected chi connectivity index (χ4v) is 4.89. The number of hydrogen-bond donors (Lipinski definition) is 0. The summed E-state index contributed by atoms with van der Waals surface area (Å²) in [6, 6.07) is 29.5. The van der Waals surface area contributed by atoms with Gasteiger partial charge in [0.15, 0.2) is 0 Å². The Morgan fingerprint density at radius 2 is 0.868 bits per heavy atom. The van der Waals surface area contributed by atoms with Crippen LogP contribution in [-0.2, 0) is 0 Å². The number of pyridine rings is 4. The maximum atomic E-state index is 5.04. The molecule has 38 heavy (non-hydrogen) atoms. The van der Waals surface area contributed by atoms with Crippen LogP contribution in [0.25, 0.3) is 56.1 Å². The van der Waals surface area contributed by atoms with E-state index in [0.717, 1.165) is 72.9 Å². The first-order chi connectivity index (χ1) is 18.5. The minimum absolute atomic E-state index is 0.927. The lowest BCUT2D eigenvalue weighted by Crippen LogP contribution is -1.96. The van der Waals surface area contributed by atoms with Crippen molar-refractivity contribution in [2.45, 2.75) is 27.7 Å². The van der Waals surface area contributed by atoms with E-state index in [0.29, 0.717) is 0 Å². The number of benzene rings is 2. The highest BCUT2D eigenvalue weighted by molar-refractivity contribution is 5.90. The molecule has 0 radical (unpaired) electrons. The molecule has 0 fully saturated rings. The summed E-state index contributed by atoms with van der Waals surface area (Å²) in [6.07, 6.45) is 3.65.